The monoisotopic (exact) mass is 209 g/mol. The van der Waals surface area contributed by atoms with Gasteiger partial charge < -0.3 is 15.2 Å². The van der Waals surface area contributed by atoms with Crippen molar-refractivity contribution in [1.82, 2.24) is 0 Å². The molecule has 0 spiro atoms. The first-order valence-corrected chi connectivity index (χ1v) is 4.77. The second-order valence-electron chi connectivity index (χ2n) is 2.96. The molecule has 0 saturated heterocycles. The fourth-order valence-electron chi connectivity index (χ4n) is 1.25. The van der Waals surface area contributed by atoms with Gasteiger partial charge in [0.1, 0.15) is 11.3 Å². The predicted molar refractivity (Wildman–Crippen MR) is 56.8 cm³/mol. The summed E-state index contributed by atoms with van der Waals surface area (Å²) in [5.74, 6) is 0.121. The maximum atomic E-state index is 11.4. The molecule has 0 atom stereocenters. The highest BCUT2D eigenvalue weighted by Crippen LogP contribution is 2.21. The van der Waals surface area contributed by atoms with E-state index < -0.39 is 5.97 Å². The van der Waals surface area contributed by atoms with E-state index in [2.05, 4.69) is 4.74 Å². The number of ether oxygens (including phenoxy) is 2. The Labute approximate surface area is 89.0 Å². The van der Waals surface area contributed by atoms with Crippen LogP contribution in [0.25, 0.3) is 0 Å². The zero-order valence-electron chi connectivity index (χ0n) is 8.95. The van der Waals surface area contributed by atoms with E-state index in [0.717, 1.165) is 5.56 Å². The van der Waals surface area contributed by atoms with Crippen LogP contribution in [0.2, 0.25) is 0 Å². The molecule has 1 aromatic rings. The van der Waals surface area contributed by atoms with Crippen LogP contribution in [-0.2, 0) is 11.3 Å². The predicted octanol–water partition coefficient (Wildman–Crippen LogP) is 1.33. The number of nitrogens with two attached hydrogens (primary N) is 1. The summed E-state index contributed by atoms with van der Waals surface area (Å²) >= 11 is 0. The van der Waals surface area contributed by atoms with Crippen LogP contribution >= 0.6 is 0 Å². The Hall–Kier alpha value is -1.55. The minimum Gasteiger partial charge on any atom is -0.493 e. The molecule has 0 aliphatic rings. The largest absolute Gasteiger partial charge is 0.493 e. The number of hydrogen-bond acceptors (Lipinski definition) is 4. The van der Waals surface area contributed by atoms with Crippen LogP contribution in [0.3, 0.4) is 0 Å². The van der Waals surface area contributed by atoms with Gasteiger partial charge >= 0.3 is 5.97 Å². The van der Waals surface area contributed by atoms with Crippen molar-refractivity contribution in [3.63, 3.8) is 0 Å². The first-order valence-electron chi connectivity index (χ1n) is 4.77. The summed E-state index contributed by atoms with van der Waals surface area (Å²) in [5, 5.41) is 0. The summed E-state index contributed by atoms with van der Waals surface area (Å²) in [6.45, 7) is 2.75. The van der Waals surface area contributed by atoms with Gasteiger partial charge in [0.05, 0.1) is 13.7 Å². The lowest BCUT2D eigenvalue weighted by molar-refractivity contribution is 0.0596. The zero-order chi connectivity index (χ0) is 11.3. The molecule has 4 heteroatoms. The topological polar surface area (TPSA) is 61.5 Å². The lowest BCUT2D eigenvalue weighted by Crippen LogP contribution is -2.07. The molecule has 0 saturated carbocycles. The van der Waals surface area contributed by atoms with Gasteiger partial charge in [-0.05, 0) is 24.6 Å². The van der Waals surface area contributed by atoms with Crippen molar-refractivity contribution < 1.29 is 14.3 Å². The second kappa shape index (κ2) is 5.36. The molecule has 0 aromatic heterocycles. The van der Waals surface area contributed by atoms with Gasteiger partial charge in [-0.15, -0.1) is 0 Å². The van der Waals surface area contributed by atoms with Crippen molar-refractivity contribution in [3.05, 3.63) is 29.3 Å². The van der Waals surface area contributed by atoms with E-state index >= 15 is 0 Å². The molecule has 0 radical (unpaired) electrons. The molecule has 1 rings (SSSR count). The maximum Gasteiger partial charge on any atom is 0.341 e. The first-order chi connectivity index (χ1) is 7.22. The Balaban J connectivity index is 3.10. The summed E-state index contributed by atoms with van der Waals surface area (Å²) in [7, 11) is 1.34. The molecule has 0 aliphatic heterocycles. The van der Waals surface area contributed by atoms with Crippen molar-refractivity contribution in [1.29, 1.82) is 0 Å². The molecule has 0 fully saturated rings. The van der Waals surface area contributed by atoms with Crippen molar-refractivity contribution in [3.8, 4) is 5.75 Å². The number of methoxy groups -OCH3 is 1. The van der Waals surface area contributed by atoms with E-state index in [0.29, 0.717) is 24.5 Å². The van der Waals surface area contributed by atoms with Gasteiger partial charge in [0.25, 0.3) is 0 Å². The number of esters is 1. The van der Waals surface area contributed by atoms with Crippen LogP contribution in [0.15, 0.2) is 18.2 Å². The molecule has 82 valence electrons. The van der Waals surface area contributed by atoms with Gasteiger partial charge in [-0.2, -0.15) is 0 Å². The van der Waals surface area contributed by atoms with Crippen LogP contribution in [-0.4, -0.2) is 19.7 Å². The fraction of sp³-hybridized carbons (Fsp3) is 0.364. The second-order valence-corrected chi connectivity index (χ2v) is 2.96. The Kier molecular flexibility index (Phi) is 4.12. The van der Waals surface area contributed by atoms with Crippen LogP contribution in [0.5, 0.6) is 5.75 Å². The van der Waals surface area contributed by atoms with Gasteiger partial charge in [0.15, 0.2) is 0 Å². The first kappa shape index (κ1) is 11.5. The lowest BCUT2D eigenvalue weighted by atomic mass is 10.1. The molecule has 0 unspecified atom stereocenters. The molecule has 0 heterocycles. The number of hydrogen-bond donors (Lipinski definition) is 1. The van der Waals surface area contributed by atoms with E-state index in [-0.39, 0.29) is 0 Å². The smallest absolute Gasteiger partial charge is 0.341 e. The summed E-state index contributed by atoms with van der Waals surface area (Å²) in [6, 6.07) is 5.26. The van der Waals surface area contributed by atoms with Crippen LogP contribution < -0.4 is 10.5 Å². The molecule has 15 heavy (non-hydrogen) atoms. The Morgan fingerprint density at radius 2 is 2.20 bits per heavy atom. The van der Waals surface area contributed by atoms with E-state index in [1.807, 2.05) is 13.0 Å². The van der Waals surface area contributed by atoms with E-state index in [4.69, 9.17) is 10.5 Å². The number of rotatable bonds is 4. The van der Waals surface area contributed by atoms with Crippen LogP contribution in [0, 0.1) is 0 Å². The summed E-state index contributed by atoms with van der Waals surface area (Å²) in [5.41, 5.74) is 6.78. The average Bonchev–Trinajstić information content (AvgIpc) is 2.29. The maximum absolute atomic E-state index is 11.4. The van der Waals surface area contributed by atoms with Gasteiger partial charge in [0, 0.05) is 6.54 Å². The van der Waals surface area contributed by atoms with E-state index in [1.165, 1.54) is 7.11 Å². The number of carbonyl (C=O) groups excluding carboxylic acids is 1. The third-order valence-corrected chi connectivity index (χ3v) is 1.98. The third-order valence-electron chi connectivity index (χ3n) is 1.98. The van der Waals surface area contributed by atoms with Crippen molar-refractivity contribution in [2.24, 2.45) is 5.73 Å². The van der Waals surface area contributed by atoms with E-state index in [1.54, 1.807) is 12.1 Å². The molecule has 0 aliphatic carbocycles. The highest BCUT2D eigenvalue weighted by molar-refractivity contribution is 5.92. The van der Waals surface area contributed by atoms with Crippen molar-refractivity contribution in [2.45, 2.75) is 13.5 Å². The third kappa shape index (κ3) is 2.70. The molecule has 4 nitrogen and oxygen atoms in total. The normalized spacial score (nSPS) is 9.80. The summed E-state index contributed by atoms with van der Waals surface area (Å²) in [4.78, 5) is 11.4. The minimum atomic E-state index is -0.409. The number of carbonyl (C=O) groups is 1. The van der Waals surface area contributed by atoms with Crippen molar-refractivity contribution >= 4 is 5.97 Å². The van der Waals surface area contributed by atoms with Crippen LogP contribution in [0.4, 0.5) is 0 Å². The minimum absolute atomic E-state index is 0.385. The Morgan fingerprint density at radius 1 is 1.47 bits per heavy atom. The van der Waals surface area contributed by atoms with Gasteiger partial charge in [0.2, 0.25) is 0 Å². The van der Waals surface area contributed by atoms with Gasteiger partial charge in [-0.3, -0.25) is 0 Å². The lowest BCUT2D eigenvalue weighted by Gasteiger charge is -2.09. The fourth-order valence-corrected chi connectivity index (χ4v) is 1.25. The Morgan fingerprint density at radius 3 is 2.73 bits per heavy atom. The molecule has 1 aromatic carbocycles. The highest BCUT2D eigenvalue weighted by Gasteiger charge is 2.13. The Bertz CT molecular complexity index is 350. The molecule has 0 amide bonds. The summed E-state index contributed by atoms with van der Waals surface area (Å²) < 4.78 is 9.98. The molecular formula is C11H15NO3. The highest BCUT2D eigenvalue weighted by atomic mass is 16.5. The van der Waals surface area contributed by atoms with Gasteiger partial charge in [-0.1, -0.05) is 6.07 Å². The average molecular weight is 209 g/mol. The quantitative estimate of drug-likeness (QED) is 0.760. The number of benzene rings is 1. The van der Waals surface area contributed by atoms with Gasteiger partial charge in [-0.25, -0.2) is 4.79 Å². The van der Waals surface area contributed by atoms with Crippen LogP contribution in [0.1, 0.15) is 22.8 Å². The molecular weight excluding hydrogens is 194 g/mol. The zero-order valence-corrected chi connectivity index (χ0v) is 8.95. The van der Waals surface area contributed by atoms with Crippen molar-refractivity contribution in [2.75, 3.05) is 13.7 Å². The summed E-state index contributed by atoms with van der Waals surface area (Å²) in [6.07, 6.45) is 0. The van der Waals surface area contributed by atoms with E-state index in [9.17, 15) is 4.79 Å². The molecule has 0 bridgehead atoms. The SMILES string of the molecule is CCOc1ccc(CN)cc1C(=O)OC. The standard InChI is InChI=1S/C11H15NO3/c1-3-15-10-5-4-8(7-12)6-9(10)11(13)14-2/h4-6H,3,7,12H2,1-2H3. The molecule has 2 N–H and O–H groups in total.